The van der Waals surface area contributed by atoms with Crippen LogP contribution in [0.3, 0.4) is 0 Å². The second kappa shape index (κ2) is 5.52. The fraction of sp³-hybridized carbons (Fsp3) is 0.500. The Labute approximate surface area is 111 Å². The molecule has 108 valence electrons. The number of hydrogen-bond donors (Lipinski definition) is 2. The third kappa shape index (κ3) is 3.71. The molecule has 1 unspecified atom stereocenters. The molecule has 19 heavy (non-hydrogen) atoms. The van der Waals surface area contributed by atoms with Crippen LogP contribution in [0.25, 0.3) is 0 Å². The molecule has 0 bridgehead atoms. The number of nitrogens with one attached hydrogen (secondary N) is 1. The molecule has 0 aromatic heterocycles. The first kappa shape index (κ1) is 16.0. The molecule has 3 N–H and O–H groups in total. The molecule has 4 nitrogen and oxygen atoms in total. The van der Waals surface area contributed by atoms with E-state index in [9.17, 15) is 17.2 Å². The van der Waals surface area contributed by atoms with Crippen LogP contribution in [-0.2, 0) is 16.3 Å². The lowest BCUT2D eigenvalue weighted by molar-refractivity contribution is 0.411. The molecule has 1 atom stereocenters. The van der Waals surface area contributed by atoms with E-state index in [1.165, 1.54) is 13.8 Å². The van der Waals surface area contributed by atoms with Gasteiger partial charge in [-0.05, 0) is 38.0 Å². The zero-order chi connectivity index (χ0) is 14.8. The maximum Gasteiger partial charge on any atom is 0.154 e. The van der Waals surface area contributed by atoms with Crippen LogP contribution < -0.4 is 11.3 Å². The van der Waals surface area contributed by atoms with Crippen molar-refractivity contribution in [1.29, 1.82) is 0 Å². The summed E-state index contributed by atoms with van der Waals surface area (Å²) in [6, 6.07) is 2.41. The van der Waals surface area contributed by atoms with Crippen LogP contribution in [0.15, 0.2) is 18.2 Å². The molecule has 0 aliphatic rings. The molecule has 1 aromatic rings. The van der Waals surface area contributed by atoms with E-state index in [1.807, 2.05) is 0 Å². The van der Waals surface area contributed by atoms with Gasteiger partial charge in [-0.3, -0.25) is 11.3 Å². The lowest BCUT2D eigenvalue weighted by Gasteiger charge is -2.32. The van der Waals surface area contributed by atoms with E-state index in [2.05, 4.69) is 5.43 Å². The van der Waals surface area contributed by atoms with Gasteiger partial charge in [-0.1, -0.05) is 0 Å². The summed E-state index contributed by atoms with van der Waals surface area (Å²) < 4.78 is 48.5. The number of hydrazine groups is 1. The summed E-state index contributed by atoms with van der Waals surface area (Å²) in [6.45, 7) is 3.03. The molecule has 0 saturated heterocycles. The van der Waals surface area contributed by atoms with Crippen molar-refractivity contribution in [1.82, 2.24) is 5.43 Å². The molecule has 0 heterocycles. The Morgan fingerprint density at radius 2 is 1.74 bits per heavy atom. The van der Waals surface area contributed by atoms with E-state index in [0.29, 0.717) is 5.56 Å². The number of nitrogens with two attached hydrogens (primary N) is 1. The number of benzene rings is 1. The van der Waals surface area contributed by atoms with Crippen molar-refractivity contribution in [3.05, 3.63) is 35.4 Å². The van der Waals surface area contributed by atoms with Crippen molar-refractivity contribution in [2.75, 3.05) is 6.26 Å². The average molecular weight is 292 g/mol. The Morgan fingerprint density at radius 3 is 2.11 bits per heavy atom. The molecule has 0 aliphatic carbocycles. The first-order valence-electron chi connectivity index (χ1n) is 5.68. The normalized spacial score (nSPS) is 14.4. The largest absolute Gasteiger partial charge is 0.271 e. The maximum atomic E-state index is 13.1. The van der Waals surface area contributed by atoms with Gasteiger partial charge in [0.2, 0.25) is 0 Å². The first-order chi connectivity index (χ1) is 8.57. The van der Waals surface area contributed by atoms with E-state index >= 15 is 0 Å². The standard InChI is InChI=1S/C12H18F2N2O2S/c1-12(2,19(3,17)18)11(16-15)6-8-4-9(13)7-10(14)5-8/h4-5,7,11,16H,6,15H2,1-3H3. The van der Waals surface area contributed by atoms with Crippen LogP contribution in [-0.4, -0.2) is 25.5 Å². The Balaban J connectivity index is 3.07. The molecular formula is C12H18F2N2O2S. The highest BCUT2D eigenvalue weighted by Gasteiger charge is 2.38. The van der Waals surface area contributed by atoms with Gasteiger partial charge in [0, 0.05) is 18.4 Å². The maximum absolute atomic E-state index is 13.1. The highest BCUT2D eigenvalue weighted by molar-refractivity contribution is 7.92. The van der Waals surface area contributed by atoms with Crippen LogP contribution in [0.4, 0.5) is 8.78 Å². The third-order valence-electron chi connectivity index (χ3n) is 3.36. The van der Waals surface area contributed by atoms with Crippen molar-refractivity contribution in [3.8, 4) is 0 Å². The predicted molar refractivity (Wildman–Crippen MR) is 70.1 cm³/mol. The molecule has 7 heteroatoms. The zero-order valence-electron chi connectivity index (χ0n) is 11.1. The van der Waals surface area contributed by atoms with E-state index in [-0.39, 0.29) is 6.42 Å². The summed E-state index contributed by atoms with van der Waals surface area (Å²) in [5.74, 6) is 3.97. The molecule has 0 spiro atoms. The van der Waals surface area contributed by atoms with Crippen molar-refractivity contribution >= 4 is 9.84 Å². The van der Waals surface area contributed by atoms with Crippen molar-refractivity contribution in [2.45, 2.75) is 31.1 Å². The Hall–Kier alpha value is -1.05. The predicted octanol–water partition coefficient (Wildman–Crippen LogP) is 1.16. The van der Waals surface area contributed by atoms with E-state index < -0.39 is 32.3 Å². The average Bonchev–Trinajstić information content (AvgIpc) is 2.22. The van der Waals surface area contributed by atoms with Crippen LogP contribution in [0.2, 0.25) is 0 Å². The van der Waals surface area contributed by atoms with Gasteiger partial charge in [0.05, 0.1) is 4.75 Å². The van der Waals surface area contributed by atoms with Gasteiger partial charge in [-0.15, -0.1) is 0 Å². The molecule has 0 fully saturated rings. The van der Waals surface area contributed by atoms with Gasteiger partial charge in [0.25, 0.3) is 0 Å². The smallest absolute Gasteiger partial charge is 0.154 e. The van der Waals surface area contributed by atoms with Gasteiger partial charge < -0.3 is 0 Å². The summed E-state index contributed by atoms with van der Waals surface area (Å²) in [5.41, 5.74) is 2.76. The van der Waals surface area contributed by atoms with Gasteiger partial charge in [0.15, 0.2) is 9.84 Å². The number of halogens is 2. The molecule has 0 amide bonds. The summed E-state index contributed by atoms with van der Waals surface area (Å²) in [4.78, 5) is 0. The quantitative estimate of drug-likeness (QED) is 0.631. The van der Waals surface area contributed by atoms with Crippen LogP contribution in [0.5, 0.6) is 0 Å². The lowest BCUT2D eigenvalue weighted by atomic mass is 9.96. The summed E-state index contributed by atoms with van der Waals surface area (Å²) in [7, 11) is -3.38. The van der Waals surface area contributed by atoms with Crippen LogP contribution in [0.1, 0.15) is 19.4 Å². The van der Waals surface area contributed by atoms with E-state index in [4.69, 9.17) is 5.84 Å². The lowest BCUT2D eigenvalue weighted by Crippen LogP contribution is -2.55. The SMILES string of the molecule is CC(C)(C(Cc1cc(F)cc(F)c1)NN)S(C)(=O)=O. The fourth-order valence-electron chi connectivity index (χ4n) is 1.73. The number of rotatable bonds is 5. The van der Waals surface area contributed by atoms with Gasteiger partial charge in [0.1, 0.15) is 11.6 Å². The zero-order valence-corrected chi connectivity index (χ0v) is 11.9. The van der Waals surface area contributed by atoms with Crippen molar-refractivity contribution in [3.63, 3.8) is 0 Å². The number of sulfone groups is 1. The molecule has 0 aliphatic heterocycles. The van der Waals surface area contributed by atoms with E-state index in [1.54, 1.807) is 0 Å². The summed E-state index contributed by atoms with van der Waals surface area (Å²) >= 11 is 0. The summed E-state index contributed by atoms with van der Waals surface area (Å²) in [5, 5.41) is 0. The minimum absolute atomic E-state index is 0.102. The van der Waals surface area contributed by atoms with Crippen LogP contribution in [0, 0.1) is 11.6 Å². The fourth-order valence-corrected chi connectivity index (χ4v) is 2.40. The number of hydrogen-bond acceptors (Lipinski definition) is 4. The summed E-state index contributed by atoms with van der Waals surface area (Å²) in [6.07, 6.45) is 1.20. The van der Waals surface area contributed by atoms with Crippen molar-refractivity contribution in [2.24, 2.45) is 5.84 Å². The Bertz CT molecular complexity index is 539. The second-order valence-corrected chi connectivity index (χ2v) is 7.67. The monoisotopic (exact) mass is 292 g/mol. The topological polar surface area (TPSA) is 72.2 Å². The Morgan fingerprint density at radius 1 is 1.26 bits per heavy atom. The third-order valence-corrected chi connectivity index (χ3v) is 5.55. The molecule has 0 saturated carbocycles. The minimum Gasteiger partial charge on any atom is -0.271 e. The van der Waals surface area contributed by atoms with Gasteiger partial charge in [-0.25, -0.2) is 17.2 Å². The minimum atomic E-state index is -3.38. The molecular weight excluding hydrogens is 274 g/mol. The van der Waals surface area contributed by atoms with Crippen LogP contribution >= 0.6 is 0 Å². The molecule has 0 radical (unpaired) electrons. The first-order valence-corrected chi connectivity index (χ1v) is 7.57. The Kier molecular flexibility index (Phi) is 4.65. The van der Waals surface area contributed by atoms with Crippen molar-refractivity contribution < 1.29 is 17.2 Å². The van der Waals surface area contributed by atoms with Gasteiger partial charge in [-0.2, -0.15) is 0 Å². The highest BCUT2D eigenvalue weighted by Crippen LogP contribution is 2.23. The second-order valence-electron chi connectivity index (χ2n) is 5.08. The highest BCUT2D eigenvalue weighted by atomic mass is 32.2. The molecule has 1 aromatic carbocycles. The van der Waals surface area contributed by atoms with Gasteiger partial charge >= 0.3 is 0 Å². The van der Waals surface area contributed by atoms with E-state index in [0.717, 1.165) is 24.5 Å². The molecule has 1 rings (SSSR count).